The van der Waals surface area contributed by atoms with E-state index in [-0.39, 0.29) is 5.91 Å². The minimum Gasteiger partial charge on any atom is -0.335 e. The topological polar surface area (TPSA) is 30.5 Å². The molecule has 3 nitrogen and oxygen atoms in total. The van der Waals surface area contributed by atoms with Crippen LogP contribution in [0, 0.1) is 0 Å². The highest BCUT2D eigenvalue weighted by Gasteiger charge is 2.41. The van der Waals surface area contributed by atoms with Crippen LogP contribution in [0.4, 0.5) is 0 Å². The minimum absolute atomic E-state index is 0.389. The van der Waals surface area contributed by atoms with Gasteiger partial charge in [-0.05, 0) is 13.3 Å². The molecule has 1 unspecified atom stereocenters. The summed E-state index contributed by atoms with van der Waals surface area (Å²) >= 11 is 0. The van der Waals surface area contributed by atoms with Crippen LogP contribution in [-0.4, -0.2) is 25.2 Å². The molecule has 1 spiro atoms. The summed E-state index contributed by atoms with van der Waals surface area (Å²) < 4.78 is 10.9. The summed E-state index contributed by atoms with van der Waals surface area (Å²) in [5.74, 6) is -0.389. The smallest absolute Gasteiger partial charge is 0.227 e. The Kier molecular flexibility index (Phi) is 1.44. The summed E-state index contributed by atoms with van der Waals surface area (Å²) in [5, 5.41) is 3.28. The Morgan fingerprint density at radius 1 is 1.40 bits per heavy atom. The molecule has 0 aromatic rings. The van der Waals surface area contributed by atoms with E-state index < -0.39 is 0 Å². The van der Waals surface area contributed by atoms with Crippen molar-refractivity contribution >= 4 is 0 Å². The van der Waals surface area contributed by atoms with Crippen LogP contribution in [0.2, 0.25) is 0 Å². The Morgan fingerprint density at radius 3 is 2.60 bits per heavy atom. The maximum absolute atomic E-state index is 5.44. The summed E-state index contributed by atoms with van der Waals surface area (Å²) in [7, 11) is 0. The second-order valence-electron chi connectivity index (χ2n) is 3.03. The average molecular weight is 143 g/mol. The lowest BCUT2D eigenvalue weighted by molar-refractivity contribution is -0.169. The maximum Gasteiger partial charge on any atom is 0.227 e. The van der Waals surface area contributed by atoms with Crippen LogP contribution >= 0.6 is 0 Å². The highest BCUT2D eigenvalue weighted by Crippen LogP contribution is 2.28. The van der Waals surface area contributed by atoms with Crippen molar-refractivity contribution in [2.75, 3.05) is 13.2 Å². The Hall–Kier alpha value is -0.120. The van der Waals surface area contributed by atoms with Gasteiger partial charge >= 0.3 is 0 Å². The fraction of sp³-hybridized carbons (Fsp3) is 1.00. The van der Waals surface area contributed by atoms with Crippen LogP contribution in [0.25, 0.3) is 0 Å². The lowest BCUT2D eigenvalue weighted by Crippen LogP contribution is -2.43. The molecule has 0 amide bonds. The summed E-state index contributed by atoms with van der Waals surface area (Å²) in [4.78, 5) is 0. The van der Waals surface area contributed by atoms with Gasteiger partial charge in [-0.1, -0.05) is 0 Å². The maximum atomic E-state index is 5.44. The van der Waals surface area contributed by atoms with Crippen LogP contribution in [0.1, 0.15) is 19.8 Å². The molecule has 58 valence electrons. The van der Waals surface area contributed by atoms with Crippen molar-refractivity contribution in [3.05, 3.63) is 0 Å². The molecule has 2 fully saturated rings. The largest absolute Gasteiger partial charge is 0.335 e. The van der Waals surface area contributed by atoms with Gasteiger partial charge in [0.05, 0.1) is 13.2 Å². The second-order valence-corrected chi connectivity index (χ2v) is 3.03. The Labute approximate surface area is 60.7 Å². The SMILES string of the molecule is CC1CCC2(N1)OCCO2. The molecule has 2 rings (SSSR count). The van der Waals surface area contributed by atoms with Gasteiger partial charge in [-0.15, -0.1) is 0 Å². The molecular formula is C7H13NO2. The fourth-order valence-electron chi connectivity index (χ4n) is 1.61. The molecule has 1 N–H and O–H groups in total. The van der Waals surface area contributed by atoms with Crippen LogP contribution in [0.5, 0.6) is 0 Å². The molecular weight excluding hydrogens is 130 g/mol. The van der Waals surface area contributed by atoms with Crippen molar-refractivity contribution in [2.24, 2.45) is 0 Å². The first-order valence-corrected chi connectivity index (χ1v) is 3.86. The molecule has 0 aromatic heterocycles. The van der Waals surface area contributed by atoms with E-state index in [9.17, 15) is 0 Å². The number of ether oxygens (including phenoxy) is 2. The molecule has 3 heteroatoms. The summed E-state index contributed by atoms with van der Waals surface area (Å²) in [6, 6.07) is 0.540. The third-order valence-corrected chi connectivity index (χ3v) is 2.13. The van der Waals surface area contributed by atoms with E-state index >= 15 is 0 Å². The number of hydrogen-bond acceptors (Lipinski definition) is 3. The van der Waals surface area contributed by atoms with Gasteiger partial charge < -0.3 is 9.47 Å². The van der Waals surface area contributed by atoms with Crippen LogP contribution in [0.3, 0.4) is 0 Å². The standard InChI is InChI=1S/C7H13NO2/c1-6-2-3-7(8-6)9-4-5-10-7/h6,8H,2-5H2,1H3. The first-order valence-electron chi connectivity index (χ1n) is 3.86. The van der Waals surface area contributed by atoms with Gasteiger partial charge in [0.25, 0.3) is 0 Å². The number of hydrogen-bond donors (Lipinski definition) is 1. The first kappa shape index (κ1) is 6.58. The highest BCUT2D eigenvalue weighted by molar-refractivity contribution is 4.83. The summed E-state index contributed by atoms with van der Waals surface area (Å²) in [6.07, 6.45) is 2.15. The van der Waals surface area contributed by atoms with Crippen LogP contribution in [-0.2, 0) is 9.47 Å². The molecule has 2 saturated heterocycles. The van der Waals surface area contributed by atoms with E-state index in [1.807, 2.05) is 0 Å². The molecule has 0 saturated carbocycles. The Bertz CT molecular complexity index is 132. The van der Waals surface area contributed by atoms with Gasteiger partial charge in [0.15, 0.2) is 0 Å². The molecule has 2 aliphatic rings. The Balaban J connectivity index is 2.03. The van der Waals surface area contributed by atoms with Gasteiger partial charge in [-0.25, -0.2) is 0 Å². The zero-order valence-electron chi connectivity index (χ0n) is 6.22. The normalized spacial score (nSPS) is 37.5. The third-order valence-electron chi connectivity index (χ3n) is 2.13. The molecule has 0 aliphatic carbocycles. The number of nitrogens with one attached hydrogen (secondary N) is 1. The van der Waals surface area contributed by atoms with Gasteiger partial charge in [0.2, 0.25) is 5.91 Å². The van der Waals surface area contributed by atoms with Crippen LogP contribution < -0.4 is 5.32 Å². The first-order chi connectivity index (χ1) is 4.81. The van der Waals surface area contributed by atoms with Gasteiger partial charge in [0, 0.05) is 12.5 Å². The van der Waals surface area contributed by atoms with E-state index in [2.05, 4.69) is 12.2 Å². The van der Waals surface area contributed by atoms with E-state index in [1.54, 1.807) is 0 Å². The van der Waals surface area contributed by atoms with Crippen molar-refractivity contribution in [1.82, 2.24) is 5.32 Å². The van der Waals surface area contributed by atoms with E-state index in [1.165, 1.54) is 0 Å². The van der Waals surface area contributed by atoms with E-state index in [4.69, 9.17) is 9.47 Å². The quantitative estimate of drug-likeness (QED) is 0.534. The van der Waals surface area contributed by atoms with Gasteiger partial charge in [0.1, 0.15) is 0 Å². The highest BCUT2D eigenvalue weighted by atomic mass is 16.8. The van der Waals surface area contributed by atoms with Gasteiger partial charge in [-0.2, -0.15) is 0 Å². The average Bonchev–Trinajstić information content (AvgIpc) is 2.46. The van der Waals surface area contributed by atoms with Crippen molar-refractivity contribution < 1.29 is 9.47 Å². The molecule has 2 aliphatic heterocycles. The third kappa shape index (κ3) is 0.944. The van der Waals surface area contributed by atoms with Crippen LogP contribution in [0.15, 0.2) is 0 Å². The predicted molar refractivity (Wildman–Crippen MR) is 36.5 cm³/mol. The molecule has 0 bridgehead atoms. The lowest BCUT2D eigenvalue weighted by atomic mass is 10.2. The van der Waals surface area contributed by atoms with Crippen molar-refractivity contribution in [3.8, 4) is 0 Å². The molecule has 1 atom stereocenters. The molecule has 0 aromatic carbocycles. The van der Waals surface area contributed by atoms with Crippen molar-refractivity contribution in [3.63, 3.8) is 0 Å². The zero-order chi connectivity index (χ0) is 7.03. The monoisotopic (exact) mass is 143 g/mol. The summed E-state index contributed by atoms with van der Waals surface area (Å²) in [5.41, 5.74) is 0. The second kappa shape index (κ2) is 2.19. The predicted octanol–water partition coefficient (Wildman–Crippen LogP) is 0.459. The number of rotatable bonds is 0. The molecule has 2 heterocycles. The van der Waals surface area contributed by atoms with Crippen molar-refractivity contribution in [1.29, 1.82) is 0 Å². The van der Waals surface area contributed by atoms with E-state index in [0.717, 1.165) is 26.1 Å². The van der Waals surface area contributed by atoms with Gasteiger partial charge in [-0.3, -0.25) is 5.32 Å². The zero-order valence-corrected chi connectivity index (χ0v) is 6.22. The lowest BCUT2D eigenvalue weighted by Gasteiger charge is -2.21. The minimum atomic E-state index is -0.389. The van der Waals surface area contributed by atoms with Crippen molar-refractivity contribution in [2.45, 2.75) is 31.7 Å². The molecule has 0 radical (unpaired) electrons. The molecule has 10 heavy (non-hydrogen) atoms. The Morgan fingerprint density at radius 2 is 2.10 bits per heavy atom. The fourth-order valence-corrected chi connectivity index (χ4v) is 1.61. The summed E-state index contributed by atoms with van der Waals surface area (Å²) in [6.45, 7) is 3.62. The van der Waals surface area contributed by atoms with E-state index in [0.29, 0.717) is 6.04 Å².